The Kier molecular flexibility index (Phi) is 6.21. The molecule has 34 heavy (non-hydrogen) atoms. The fourth-order valence-electron chi connectivity index (χ4n) is 3.63. The number of ether oxygens (including phenoxy) is 2. The van der Waals surface area contributed by atoms with Crippen molar-refractivity contribution in [2.75, 3.05) is 7.11 Å². The normalized spacial score (nSPS) is 11.6. The average Bonchev–Trinajstić information content (AvgIpc) is 3.54. The van der Waals surface area contributed by atoms with E-state index in [4.69, 9.17) is 9.47 Å². The van der Waals surface area contributed by atoms with E-state index in [1.54, 1.807) is 13.3 Å². The van der Waals surface area contributed by atoms with Crippen LogP contribution in [0.15, 0.2) is 79.1 Å². The zero-order valence-electron chi connectivity index (χ0n) is 18.7. The minimum absolute atomic E-state index is 0.406. The van der Waals surface area contributed by atoms with E-state index in [-0.39, 0.29) is 0 Å². The Morgan fingerprint density at radius 3 is 2.76 bits per heavy atom. The molecule has 0 bridgehead atoms. The molecule has 0 aliphatic carbocycles. The third-order valence-corrected chi connectivity index (χ3v) is 5.40. The molecule has 3 heterocycles. The van der Waals surface area contributed by atoms with E-state index < -0.39 is 0 Å². The van der Waals surface area contributed by atoms with Crippen molar-refractivity contribution in [2.24, 2.45) is 0 Å². The van der Waals surface area contributed by atoms with Crippen LogP contribution in [0.5, 0.6) is 11.5 Å². The molecule has 0 atom stereocenters. The Labute approximate surface area is 197 Å². The fourth-order valence-corrected chi connectivity index (χ4v) is 3.63. The first-order valence-corrected chi connectivity index (χ1v) is 11.0. The Morgan fingerprint density at radius 2 is 1.88 bits per heavy atom. The maximum atomic E-state index is 5.90. The van der Waals surface area contributed by atoms with Crippen LogP contribution in [0.2, 0.25) is 0 Å². The van der Waals surface area contributed by atoms with Crippen molar-refractivity contribution in [3.63, 3.8) is 0 Å². The summed E-state index contributed by atoms with van der Waals surface area (Å²) in [6.45, 7) is 0.406. The molecule has 0 aliphatic rings. The quantitative estimate of drug-likeness (QED) is 0.296. The molecule has 6 heteroatoms. The van der Waals surface area contributed by atoms with Crippen LogP contribution in [0.3, 0.4) is 0 Å². The number of hydrogen-bond acceptors (Lipinski definition) is 4. The molecule has 168 valence electrons. The summed E-state index contributed by atoms with van der Waals surface area (Å²) in [5.41, 5.74) is 5.76. The van der Waals surface area contributed by atoms with Gasteiger partial charge >= 0.3 is 0 Å². The predicted octanol–water partition coefficient (Wildman–Crippen LogP) is 6.21. The third kappa shape index (κ3) is 5.07. The lowest BCUT2D eigenvalue weighted by Gasteiger charge is -2.09. The summed E-state index contributed by atoms with van der Waals surface area (Å²) in [4.78, 5) is 7.53. The lowest BCUT2D eigenvalue weighted by molar-refractivity contribution is 0.300. The highest BCUT2D eigenvalue weighted by Crippen LogP contribution is 2.26. The molecule has 3 aromatic heterocycles. The molecule has 0 spiro atoms. The van der Waals surface area contributed by atoms with Gasteiger partial charge in [-0.2, -0.15) is 5.10 Å². The molecule has 5 aromatic rings. The van der Waals surface area contributed by atoms with Gasteiger partial charge in [0.15, 0.2) is 0 Å². The highest BCUT2D eigenvalue weighted by molar-refractivity contribution is 5.83. The number of benzene rings is 2. The minimum Gasteiger partial charge on any atom is -0.496 e. The summed E-state index contributed by atoms with van der Waals surface area (Å²) in [5.74, 6) is 1.51. The molecule has 2 aromatic carbocycles. The van der Waals surface area contributed by atoms with Gasteiger partial charge < -0.3 is 14.5 Å². The average molecular weight is 449 g/mol. The van der Waals surface area contributed by atoms with Crippen molar-refractivity contribution >= 4 is 35.2 Å². The smallest absolute Gasteiger partial charge is 0.130 e. The molecule has 0 saturated heterocycles. The van der Waals surface area contributed by atoms with E-state index in [0.717, 1.165) is 45.2 Å². The van der Waals surface area contributed by atoms with E-state index in [2.05, 4.69) is 50.5 Å². The first kappa shape index (κ1) is 21.3. The van der Waals surface area contributed by atoms with Gasteiger partial charge in [-0.15, -0.1) is 0 Å². The number of aromatic nitrogens is 4. The first-order valence-electron chi connectivity index (χ1n) is 11.0. The largest absolute Gasteiger partial charge is 0.496 e. The molecule has 0 aliphatic heterocycles. The van der Waals surface area contributed by atoms with Crippen molar-refractivity contribution in [3.05, 3.63) is 107 Å². The number of aromatic amines is 2. The third-order valence-electron chi connectivity index (χ3n) is 5.40. The Bertz CT molecular complexity index is 1450. The van der Waals surface area contributed by atoms with Crippen molar-refractivity contribution in [1.29, 1.82) is 0 Å². The van der Waals surface area contributed by atoms with Gasteiger partial charge in [-0.3, -0.25) is 10.1 Å². The number of hydrogen-bond donors (Lipinski definition) is 2. The van der Waals surface area contributed by atoms with Crippen LogP contribution < -0.4 is 9.47 Å². The SMILES string of the molecule is COc1ccc(OCc2ccccn2)cc1/C=C/c1cc(/C=C/c2ccc3cc[nH]c3c2)n[nH]1. The molecule has 0 fully saturated rings. The van der Waals surface area contributed by atoms with Crippen LogP contribution in [-0.2, 0) is 6.61 Å². The Balaban J connectivity index is 1.27. The second-order valence-corrected chi connectivity index (χ2v) is 7.75. The minimum atomic E-state index is 0.406. The standard InChI is InChI=1S/C28H24N4O2/c1-33-28-12-11-26(34-19-25-4-2-3-14-29-25)17-22(28)8-10-24-18-23(31-32-24)9-6-20-5-7-21-13-15-30-27(21)16-20/h2-18,30H,19H2,1H3,(H,31,32)/b9-6+,10-8+. The van der Waals surface area contributed by atoms with Gasteiger partial charge in [-0.25, -0.2) is 0 Å². The van der Waals surface area contributed by atoms with E-state index in [1.807, 2.05) is 66.9 Å². The molecule has 2 N–H and O–H groups in total. The molecule has 0 radical (unpaired) electrons. The van der Waals surface area contributed by atoms with Gasteiger partial charge in [0.1, 0.15) is 18.1 Å². The van der Waals surface area contributed by atoms with Crippen molar-refractivity contribution in [1.82, 2.24) is 20.2 Å². The van der Waals surface area contributed by atoms with Gasteiger partial charge in [0, 0.05) is 23.5 Å². The number of rotatable bonds is 8. The number of pyridine rings is 1. The van der Waals surface area contributed by atoms with Gasteiger partial charge in [0.25, 0.3) is 0 Å². The molecular formula is C28H24N4O2. The van der Waals surface area contributed by atoms with Crippen LogP contribution in [-0.4, -0.2) is 27.3 Å². The highest BCUT2D eigenvalue weighted by atomic mass is 16.5. The number of nitrogens with one attached hydrogen (secondary N) is 2. The van der Waals surface area contributed by atoms with E-state index >= 15 is 0 Å². The highest BCUT2D eigenvalue weighted by Gasteiger charge is 2.04. The van der Waals surface area contributed by atoms with Crippen molar-refractivity contribution in [2.45, 2.75) is 6.61 Å². The topological polar surface area (TPSA) is 75.8 Å². The van der Waals surface area contributed by atoms with Gasteiger partial charge in [-0.05, 0) is 77.7 Å². The number of fused-ring (bicyclic) bond motifs is 1. The summed E-state index contributed by atoms with van der Waals surface area (Å²) in [6.07, 6.45) is 11.7. The lowest BCUT2D eigenvalue weighted by atomic mass is 10.1. The van der Waals surface area contributed by atoms with Gasteiger partial charge in [0.05, 0.1) is 24.2 Å². The summed E-state index contributed by atoms with van der Waals surface area (Å²) in [5, 5.41) is 8.65. The van der Waals surface area contributed by atoms with E-state index in [1.165, 1.54) is 5.39 Å². The molecule has 6 nitrogen and oxygen atoms in total. The fraction of sp³-hybridized carbons (Fsp3) is 0.0714. The lowest BCUT2D eigenvalue weighted by Crippen LogP contribution is -1.98. The zero-order chi connectivity index (χ0) is 23.2. The Hall–Kier alpha value is -4.58. The monoisotopic (exact) mass is 448 g/mol. The summed E-state index contributed by atoms with van der Waals surface area (Å²) >= 11 is 0. The number of H-pyrrole nitrogens is 2. The van der Waals surface area contributed by atoms with Gasteiger partial charge in [-0.1, -0.05) is 24.3 Å². The van der Waals surface area contributed by atoms with Crippen LogP contribution in [0, 0.1) is 0 Å². The number of nitrogens with zero attached hydrogens (tertiary/aromatic N) is 2. The maximum Gasteiger partial charge on any atom is 0.130 e. The van der Waals surface area contributed by atoms with Crippen LogP contribution in [0.1, 0.15) is 28.2 Å². The summed E-state index contributed by atoms with van der Waals surface area (Å²) in [7, 11) is 1.66. The number of methoxy groups -OCH3 is 1. The molecule has 0 unspecified atom stereocenters. The van der Waals surface area contributed by atoms with Crippen molar-refractivity contribution in [3.8, 4) is 11.5 Å². The molecule has 0 saturated carbocycles. The molecule has 5 rings (SSSR count). The zero-order valence-corrected chi connectivity index (χ0v) is 18.7. The van der Waals surface area contributed by atoms with Gasteiger partial charge in [0.2, 0.25) is 0 Å². The molecular weight excluding hydrogens is 424 g/mol. The van der Waals surface area contributed by atoms with Crippen LogP contribution in [0.25, 0.3) is 35.2 Å². The van der Waals surface area contributed by atoms with E-state index in [9.17, 15) is 0 Å². The summed E-state index contributed by atoms with van der Waals surface area (Å²) in [6, 6.07) is 21.9. The van der Waals surface area contributed by atoms with Crippen LogP contribution in [0.4, 0.5) is 0 Å². The van der Waals surface area contributed by atoms with Crippen molar-refractivity contribution < 1.29 is 9.47 Å². The molecule has 0 amide bonds. The van der Waals surface area contributed by atoms with E-state index in [0.29, 0.717) is 6.61 Å². The summed E-state index contributed by atoms with van der Waals surface area (Å²) < 4.78 is 11.4. The van der Waals surface area contributed by atoms with Crippen LogP contribution >= 0.6 is 0 Å². The second kappa shape index (κ2) is 9.92. The first-order chi connectivity index (χ1) is 16.8. The Morgan fingerprint density at radius 1 is 0.912 bits per heavy atom. The second-order valence-electron chi connectivity index (χ2n) is 7.75. The maximum absolute atomic E-state index is 5.90. The predicted molar refractivity (Wildman–Crippen MR) is 136 cm³/mol.